The fraction of sp³-hybridized carbons (Fsp3) is 0.538. The second-order valence-electron chi connectivity index (χ2n) is 16.8. The van der Waals surface area contributed by atoms with E-state index in [0.29, 0.717) is 44.2 Å². The molecule has 3 unspecified atom stereocenters. The van der Waals surface area contributed by atoms with E-state index in [1.807, 2.05) is 72.8 Å². The van der Waals surface area contributed by atoms with E-state index in [1.54, 1.807) is 26.4 Å². The van der Waals surface area contributed by atoms with Gasteiger partial charge in [0.15, 0.2) is 0 Å². The molecule has 0 aliphatic carbocycles. The van der Waals surface area contributed by atoms with Crippen LogP contribution in [0.1, 0.15) is 93.5 Å². The highest BCUT2D eigenvalue weighted by Crippen LogP contribution is 2.46. The molecule has 0 saturated carbocycles. The zero-order chi connectivity index (χ0) is 45.2. The Bertz CT molecular complexity index is 1880. The van der Waals surface area contributed by atoms with Gasteiger partial charge in [0.05, 0.1) is 53.9 Å². The molecule has 11 nitrogen and oxygen atoms in total. The van der Waals surface area contributed by atoms with Crippen LogP contribution in [-0.2, 0) is 58.6 Å². The van der Waals surface area contributed by atoms with Gasteiger partial charge in [-0.15, -0.1) is 0 Å². The average molecular weight is 889 g/mol. The summed E-state index contributed by atoms with van der Waals surface area (Å²) < 4.78 is 79.1. The zero-order valence-electron chi connectivity index (χ0n) is 38.4. The largest absolute Gasteiger partial charge is 0.497 e. The Morgan fingerprint density at radius 1 is 0.656 bits per heavy atom. The quantitative estimate of drug-likeness (QED) is 0.0578. The Morgan fingerprint density at radius 2 is 1.19 bits per heavy atom. The van der Waals surface area contributed by atoms with E-state index < -0.39 is 35.5 Å². The third-order valence-electron chi connectivity index (χ3n) is 11.8. The molecule has 2 saturated heterocycles. The van der Waals surface area contributed by atoms with E-state index in [2.05, 4.69) is 20.8 Å². The van der Waals surface area contributed by atoms with Gasteiger partial charge in [-0.3, -0.25) is 0 Å². The molecule has 4 aromatic carbocycles. The van der Waals surface area contributed by atoms with Gasteiger partial charge in [0.1, 0.15) is 53.1 Å². The maximum Gasteiger partial charge on any atom is 0.223 e. The summed E-state index contributed by atoms with van der Waals surface area (Å²) in [6.07, 6.45) is 3.31. The van der Waals surface area contributed by atoms with Crippen LogP contribution in [0.15, 0.2) is 91.0 Å². The van der Waals surface area contributed by atoms with Crippen LogP contribution in [0.25, 0.3) is 0 Å². The van der Waals surface area contributed by atoms with Crippen molar-refractivity contribution >= 4 is 0 Å². The summed E-state index contributed by atoms with van der Waals surface area (Å²) in [4.78, 5) is 0. The summed E-state index contributed by atoms with van der Waals surface area (Å²) in [6.45, 7) is 9.00. The minimum atomic E-state index is -2.17. The molecule has 64 heavy (non-hydrogen) atoms. The van der Waals surface area contributed by atoms with Crippen LogP contribution in [0.5, 0.6) is 17.2 Å². The van der Waals surface area contributed by atoms with E-state index in [1.165, 1.54) is 6.07 Å². The van der Waals surface area contributed by atoms with Gasteiger partial charge in [-0.2, -0.15) is 0 Å². The average Bonchev–Trinajstić information content (AvgIpc) is 3.83. The van der Waals surface area contributed by atoms with Crippen molar-refractivity contribution in [1.82, 2.24) is 0 Å². The predicted molar refractivity (Wildman–Crippen MR) is 242 cm³/mol. The number of aliphatic hydroxyl groups is 1. The topological polar surface area (TPSA) is 113 Å². The third-order valence-corrected chi connectivity index (χ3v) is 11.8. The summed E-state index contributed by atoms with van der Waals surface area (Å²) in [5.41, 5.74) is 1.93. The Morgan fingerprint density at radius 3 is 1.72 bits per heavy atom. The van der Waals surface area contributed by atoms with Crippen LogP contribution in [-0.4, -0.2) is 95.6 Å². The number of hydrogen-bond acceptors (Lipinski definition) is 11. The molecular weight excluding hydrogens is 820 g/mol. The fourth-order valence-corrected chi connectivity index (χ4v) is 8.06. The Kier molecular flexibility index (Phi) is 19.3. The summed E-state index contributed by atoms with van der Waals surface area (Å²) in [6, 6.07) is 27.6. The van der Waals surface area contributed by atoms with Gasteiger partial charge >= 0.3 is 0 Å². The van der Waals surface area contributed by atoms with Crippen LogP contribution in [0.2, 0.25) is 0 Å². The molecule has 4 aromatic rings. The molecule has 0 aromatic heterocycles. The normalized spacial score (nSPS) is 21.8. The number of rotatable bonds is 27. The van der Waals surface area contributed by atoms with Crippen molar-refractivity contribution in [3.63, 3.8) is 0 Å². The van der Waals surface area contributed by atoms with Crippen LogP contribution in [0.4, 0.5) is 4.39 Å². The van der Waals surface area contributed by atoms with E-state index in [4.69, 9.17) is 47.4 Å². The molecule has 12 heteroatoms. The fourth-order valence-electron chi connectivity index (χ4n) is 8.06. The monoisotopic (exact) mass is 888 g/mol. The molecule has 0 bridgehead atoms. The summed E-state index contributed by atoms with van der Waals surface area (Å²) >= 11 is 0. The van der Waals surface area contributed by atoms with Crippen LogP contribution < -0.4 is 14.2 Å². The molecule has 2 fully saturated rings. The number of hydrogen-bond donors (Lipinski definition) is 1. The first kappa shape index (κ1) is 49.3. The van der Waals surface area contributed by atoms with Gasteiger partial charge in [0.25, 0.3) is 0 Å². The van der Waals surface area contributed by atoms with E-state index in [0.717, 1.165) is 78.9 Å². The Labute approximate surface area is 379 Å². The summed E-state index contributed by atoms with van der Waals surface area (Å²) in [5, 5.41) is 13.5. The predicted octanol–water partition coefficient (Wildman–Crippen LogP) is 9.51. The van der Waals surface area contributed by atoms with Crippen molar-refractivity contribution in [3.8, 4) is 17.2 Å². The second-order valence-corrected chi connectivity index (χ2v) is 16.8. The molecule has 5 atom stereocenters. The molecule has 0 radical (unpaired) electrons. The maximum absolute atomic E-state index is 16.0. The lowest BCUT2D eigenvalue weighted by Gasteiger charge is -2.56. The van der Waals surface area contributed by atoms with Gasteiger partial charge in [-0.1, -0.05) is 82.5 Å². The van der Waals surface area contributed by atoms with Gasteiger partial charge < -0.3 is 52.5 Å². The first-order chi connectivity index (χ1) is 31.2. The van der Waals surface area contributed by atoms with E-state index in [9.17, 15) is 5.11 Å². The van der Waals surface area contributed by atoms with Crippen LogP contribution in [0.3, 0.4) is 0 Å². The maximum atomic E-state index is 16.0. The number of ether oxygens (including phenoxy) is 10. The summed E-state index contributed by atoms with van der Waals surface area (Å²) in [7, 11) is 3.26. The third kappa shape index (κ3) is 13.3. The Balaban J connectivity index is 1.41. The molecule has 2 aliphatic rings. The van der Waals surface area contributed by atoms with Crippen molar-refractivity contribution in [2.45, 2.75) is 121 Å². The molecule has 6 rings (SSSR count). The molecule has 2 aliphatic heterocycles. The molecule has 350 valence electrons. The minimum Gasteiger partial charge on any atom is -0.497 e. The van der Waals surface area contributed by atoms with Crippen molar-refractivity contribution < 1.29 is 56.9 Å². The van der Waals surface area contributed by atoms with Crippen molar-refractivity contribution in [1.29, 1.82) is 0 Å². The number of unbranched alkanes of at least 4 members (excludes halogenated alkanes) is 3. The molecule has 0 spiro atoms. The highest BCUT2D eigenvalue weighted by atomic mass is 19.1. The molecule has 2 heterocycles. The lowest BCUT2D eigenvalue weighted by Crippen LogP contribution is -2.73. The molecule has 0 amide bonds. The van der Waals surface area contributed by atoms with Gasteiger partial charge in [0.2, 0.25) is 5.79 Å². The molecular formula is C52H69FO11. The van der Waals surface area contributed by atoms with Crippen molar-refractivity contribution in [3.05, 3.63) is 125 Å². The zero-order valence-corrected chi connectivity index (χ0v) is 38.4. The smallest absolute Gasteiger partial charge is 0.223 e. The Hall–Kier alpha value is -4.11. The standard InChI is InChI=1S/C52H69FO11/c1-6-9-27-60-48-49(61-28-10-7-2)51(36-58-33-39-14-19-43(55-4)20-15-39,37-59-34-40-16-21-44(56-5)22-17-40)64-52(54,50(48)62-29-11-8-3)42-18-25-47(53)41(32-42)31-38-12-23-45(24-13-38)63-46-26-30-57-35-46/h12-25,32,46,48-50,54H,6-11,26-31,33-37H2,1-5H3/t46?,48-,49-,50?,52?/m0/s1. The first-order valence-electron chi connectivity index (χ1n) is 23.0. The van der Waals surface area contributed by atoms with Gasteiger partial charge in [-0.25, -0.2) is 4.39 Å². The van der Waals surface area contributed by atoms with Gasteiger partial charge in [0, 0.05) is 38.2 Å². The number of halogens is 1. The van der Waals surface area contributed by atoms with Crippen molar-refractivity contribution in [2.75, 3.05) is 60.5 Å². The first-order valence-corrected chi connectivity index (χ1v) is 23.0. The SMILES string of the molecule is CCCCOC1[C@@H](OCCCC)[C@H](OCCCC)C(COCc2ccc(OC)cc2)(COCc2ccc(OC)cc2)OC1(O)c1ccc(F)c(Cc2ccc(OC3CCOC3)cc2)c1. The number of benzene rings is 4. The second kappa shape index (κ2) is 25.0. The lowest BCUT2D eigenvalue weighted by molar-refractivity contribution is -0.411. The van der Waals surface area contributed by atoms with Gasteiger partial charge in [-0.05, 0) is 90.0 Å². The van der Waals surface area contributed by atoms with Crippen LogP contribution in [0, 0.1) is 5.82 Å². The van der Waals surface area contributed by atoms with Crippen molar-refractivity contribution in [2.24, 2.45) is 0 Å². The van der Waals surface area contributed by atoms with Crippen LogP contribution >= 0.6 is 0 Å². The lowest BCUT2D eigenvalue weighted by atomic mass is 9.80. The molecule has 1 N–H and O–H groups in total. The van der Waals surface area contributed by atoms with E-state index in [-0.39, 0.29) is 39.0 Å². The van der Waals surface area contributed by atoms with E-state index >= 15 is 4.39 Å². The highest BCUT2D eigenvalue weighted by Gasteiger charge is 2.64. The highest BCUT2D eigenvalue weighted by molar-refractivity contribution is 5.36. The number of methoxy groups -OCH3 is 2. The summed E-state index contributed by atoms with van der Waals surface area (Å²) in [5.74, 6) is -0.388. The minimum absolute atomic E-state index is 0.0166.